The third-order valence-corrected chi connectivity index (χ3v) is 2.20. The summed E-state index contributed by atoms with van der Waals surface area (Å²) in [5.41, 5.74) is -0.994. The van der Waals surface area contributed by atoms with Crippen LogP contribution in [0.3, 0.4) is 0 Å². The van der Waals surface area contributed by atoms with Gasteiger partial charge in [-0.25, -0.2) is 4.79 Å². The lowest BCUT2D eigenvalue weighted by molar-refractivity contribution is -0.798. The van der Waals surface area contributed by atoms with Crippen LogP contribution in [0.5, 0.6) is 0 Å². The third kappa shape index (κ3) is 1.75. The molecule has 0 radical (unpaired) electrons. The highest BCUT2D eigenvalue weighted by atomic mass is 16.8. The van der Waals surface area contributed by atoms with Gasteiger partial charge in [0.1, 0.15) is 7.05 Å². The number of hydrogen-bond acceptors (Lipinski definition) is 5. The Kier molecular flexibility index (Phi) is 2.39. The van der Waals surface area contributed by atoms with Crippen LogP contribution in [-0.4, -0.2) is 9.66 Å². The lowest BCUT2D eigenvalue weighted by Gasteiger charge is -1.95. The van der Waals surface area contributed by atoms with Crippen molar-refractivity contribution in [1.29, 1.82) is 0 Å². The number of non-ortho nitro benzene ring substituents is 1. The zero-order valence-corrected chi connectivity index (χ0v) is 8.69. The first-order chi connectivity index (χ1) is 8.00. The van der Waals surface area contributed by atoms with E-state index in [9.17, 15) is 20.1 Å². The molecule has 0 N–H and O–H groups in total. The van der Waals surface area contributed by atoms with Gasteiger partial charge in [0.2, 0.25) is 0 Å². The second-order valence-corrected chi connectivity index (χ2v) is 3.30. The Hall–Kier alpha value is -2.64. The predicted molar refractivity (Wildman–Crippen MR) is 55.0 cm³/mol. The Morgan fingerprint density at radius 1 is 1.47 bits per heavy atom. The van der Waals surface area contributed by atoms with Crippen molar-refractivity contribution >= 4 is 5.69 Å². The van der Waals surface area contributed by atoms with Crippen molar-refractivity contribution < 1.29 is 14.5 Å². The molecule has 0 aliphatic carbocycles. The molecule has 0 unspecified atom stereocenters. The average Bonchev–Trinajstić information content (AvgIpc) is 2.53. The molecule has 1 aromatic heterocycles. The Morgan fingerprint density at radius 2 is 2.18 bits per heavy atom. The average molecular weight is 237 g/mol. The van der Waals surface area contributed by atoms with E-state index in [1.807, 2.05) is 0 Å². The van der Waals surface area contributed by atoms with Crippen molar-refractivity contribution in [3.63, 3.8) is 0 Å². The first-order valence-electron chi connectivity index (χ1n) is 4.56. The minimum Gasteiger partial charge on any atom is -0.359 e. The predicted octanol–water partition coefficient (Wildman–Crippen LogP) is 0.187. The van der Waals surface area contributed by atoms with E-state index in [1.54, 1.807) is 0 Å². The van der Waals surface area contributed by atoms with Gasteiger partial charge in [0.25, 0.3) is 11.4 Å². The summed E-state index contributed by atoms with van der Waals surface area (Å²) in [6, 6.07) is 5.22. The summed E-state index contributed by atoms with van der Waals surface area (Å²) in [5, 5.41) is 21.9. The van der Waals surface area contributed by atoms with E-state index in [0.29, 0.717) is 0 Å². The number of nitrogens with zero attached hydrogens (tertiary/aromatic N) is 3. The van der Waals surface area contributed by atoms with Crippen molar-refractivity contribution in [1.82, 2.24) is 4.74 Å². The second kappa shape index (κ2) is 3.74. The summed E-state index contributed by atoms with van der Waals surface area (Å²) in [6.45, 7) is 0. The maximum Gasteiger partial charge on any atom is 0.401 e. The molecule has 0 spiro atoms. The number of nitro benzene ring substituents is 1. The smallest absolute Gasteiger partial charge is 0.359 e. The Balaban J connectivity index is 2.65. The minimum absolute atomic E-state index is 0.0292. The summed E-state index contributed by atoms with van der Waals surface area (Å²) in [5.74, 6) is 0. The lowest BCUT2D eigenvalue weighted by Crippen LogP contribution is -2.27. The fraction of sp³-hybridized carbons (Fsp3) is 0.111. The van der Waals surface area contributed by atoms with E-state index in [0.717, 1.165) is 10.8 Å². The summed E-state index contributed by atoms with van der Waals surface area (Å²) < 4.78 is 5.25. The van der Waals surface area contributed by atoms with E-state index in [-0.39, 0.29) is 21.8 Å². The molecule has 1 aromatic carbocycles. The molecule has 0 atom stereocenters. The SMILES string of the molecule is Cn1o[n+]([O-])c(-c2cccc([N+](=O)[O-])c2)c1=O. The van der Waals surface area contributed by atoms with Gasteiger partial charge >= 0.3 is 5.56 Å². The van der Waals surface area contributed by atoms with Gasteiger partial charge in [0.15, 0.2) is 0 Å². The summed E-state index contributed by atoms with van der Waals surface area (Å²) in [6.07, 6.45) is 0. The second-order valence-electron chi connectivity index (χ2n) is 3.30. The van der Waals surface area contributed by atoms with E-state index < -0.39 is 10.5 Å². The lowest BCUT2D eigenvalue weighted by atomic mass is 10.1. The van der Waals surface area contributed by atoms with Gasteiger partial charge in [-0.2, -0.15) is 0 Å². The minimum atomic E-state index is -0.652. The zero-order chi connectivity index (χ0) is 12.6. The molecule has 0 saturated carbocycles. The van der Waals surface area contributed by atoms with Crippen LogP contribution in [0.2, 0.25) is 0 Å². The monoisotopic (exact) mass is 237 g/mol. The zero-order valence-electron chi connectivity index (χ0n) is 8.69. The quantitative estimate of drug-likeness (QED) is 0.421. The largest absolute Gasteiger partial charge is 0.401 e. The Labute approximate surface area is 94.0 Å². The molecule has 1 heterocycles. The van der Waals surface area contributed by atoms with Crippen LogP contribution >= 0.6 is 0 Å². The van der Waals surface area contributed by atoms with Gasteiger partial charge in [-0.05, 0) is 11.0 Å². The number of nitro groups is 1. The van der Waals surface area contributed by atoms with Crippen LogP contribution in [0, 0.1) is 15.3 Å². The van der Waals surface area contributed by atoms with E-state index in [2.05, 4.69) is 4.63 Å². The molecule has 2 aromatic rings. The summed E-state index contributed by atoms with van der Waals surface area (Å²) in [7, 11) is 1.28. The maximum atomic E-state index is 11.5. The highest BCUT2D eigenvalue weighted by Crippen LogP contribution is 2.18. The van der Waals surface area contributed by atoms with Crippen LogP contribution < -0.4 is 10.5 Å². The van der Waals surface area contributed by atoms with E-state index >= 15 is 0 Å². The highest BCUT2D eigenvalue weighted by Gasteiger charge is 2.20. The molecule has 0 saturated heterocycles. The number of rotatable bonds is 2. The maximum absolute atomic E-state index is 11.5. The van der Waals surface area contributed by atoms with Gasteiger partial charge in [-0.15, -0.1) is 4.74 Å². The van der Waals surface area contributed by atoms with Crippen LogP contribution in [0.15, 0.2) is 33.7 Å². The topological polar surface area (TPSA) is 105 Å². The molecule has 0 amide bonds. The van der Waals surface area contributed by atoms with Crippen molar-refractivity contribution in [3.05, 3.63) is 49.9 Å². The molecule has 0 aliphatic heterocycles. The number of aryl methyl sites for hydroxylation is 1. The van der Waals surface area contributed by atoms with Crippen LogP contribution in [0.1, 0.15) is 0 Å². The molecule has 2 rings (SSSR count). The summed E-state index contributed by atoms with van der Waals surface area (Å²) in [4.78, 5) is 21.5. The highest BCUT2D eigenvalue weighted by molar-refractivity contribution is 5.59. The molecule has 8 heteroatoms. The standard InChI is InChI=1S/C9H7N3O5/c1-10-9(13)8(12(16)17-10)6-3-2-4-7(5-6)11(14)15/h2-5H,1H3. The van der Waals surface area contributed by atoms with E-state index in [1.165, 1.54) is 25.2 Å². The molecule has 0 bridgehead atoms. The Bertz CT molecular complexity index is 642. The van der Waals surface area contributed by atoms with Gasteiger partial charge in [-0.1, -0.05) is 6.07 Å². The number of hydrogen-bond donors (Lipinski definition) is 0. The van der Waals surface area contributed by atoms with Crippen LogP contribution in [-0.2, 0) is 7.05 Å². The molecular formula is C9H7N3O5. The molecule has 0 aliphatic rings. The van der Waals surface area contributed by atoms with Gasteiger partial charge < -0.3 is 5.21 Å². The molecule has 8 nitrogen and oxygen atoms in total. The van der Waals surface area contributed by atoms with Crippen LogP contribution in [0.4, 0.5) is 5.69 Å². The fourth-order valence-corrected chi connectivity index (χ4v) is 1.41. The van der Waals surface area contributed by atoms with Crippen LogP contribution in [0.25, 0.3) is 11.3 Å². The van der Waals surface area contributed by atoms with Crippen molar-refractivity contribution in [3.8, 4) is 11.3 Å². The Morgan fingerprint density at radius 3 is 2.71 bits per heavy atom. The van der Waals surface area contributed by atoms with Crippen molar-refractivity contribution in [2.24, 2.45) is 7.05 Å². The number of benzene rings is 1. The van der Waals surface area contributed by atoms with Crippen molar-refractivity contribution in [2.75, 3.05) is 0 Å². The van der Waals surface area contributed by atoms with Crippen molar-refractivity contribution in [2.45, 2.75) is 0 Å². The summed E-state index contributed by atoms with van der Waals surface area (Å²) >= 11 is 0. The third-order valence-electron chi connectivity index (χ3n) is 2.20. The molecule has 0 fully saturated rings. The first kappa shape index (κ1) is 10.9. The molecular weight excluding hydrogens is 230 g/mol. The number of aromatic nitrogens is 2. The van der Waals surface area contributed by atoms with Gasteiger partial charge in [0.05, 0.1) is 4.92 Å². The molecule has 17 heavy (non-hydrogen) atoms. The normalized spacial score (nSPS) is 10.4. The molecule has 88 valence electrons. The van der Waals surface area contributed by atoms with Gasteiger partial charge in [0, 0.05) is 17.7 Å². The van der Waals surface area contributed by atoms with Gasteiger partial charge in [-0.3, -0.25) is 14.7 Å². The fourth-order valence-electron chi connectivity index (χ4n) is 1.41. The van der Waals surface area contributed by atoms with E-state index in [4.69, 9.17) is 0 Å². The first-order valence-corrected chi connectivity index (χ1v) is 4.56.